The summed E-state index contributed by atoms with van der Waals surface area (Å²) < 4.78 is 0. The molecule has 3 N–H and O–H groups in total. The molecule has 0 atom stereocenters. The van der Waals surface area contributed by atoms with Crippen LogP contribution in [0.25, 0.3) is 0 Å². The summed E-state index contributed by atoms with van der Waals surface area (Å²) >= 11 is 0. The second-order valence-electron chi connectivity index (χ2n) is 2.25. The maximum absolute atomic E-state index is 8.33. The largest absolute Gasteiger partial charge is 0.341 e. The predicted molar refractivity (Wildman–Crippen MR) is 25.1 cm³/mol. The van der Waals surface area contributed by atoms with Gasteiger partial charge in [0.1, 0.15) is 6.07 Å². The number of nitrogens with zero attached hydrogens (tertiary/aromatic N) is 1. The van der Waals surface area contributed by atoms with Gasteiger partial charge in [-0.25, -0.2) is 0 Å². The first kappa shape index (κ1) is 4.61. The molecule has 0 unspecified atom stereocenters. The fourth-order valence-corrected chi connectivity index (χ4v) is 0.715. The summed E-state index contributed by atoms with van der Waals surface area (Å²) in [6, 6.07) is 2.17. The number of hydrogen-bond donors (Lipinski definition) is 1. The number of hydrogen-bond acceptors (Lipinski definition) is 1. The molecule has 0 aromatic carbocycles. The summed E-state index contributed by atoms with van der Waals surface area (Å²) in [5, 5.41) is 8.33. The first-order chi connectivity index (χ1) is 3.27. The minimum Gasteiger partial charge on any atom is -0.341 e. The van der Waals surface area contributed by atoms with E-state index in [-0.39, 0.29) is 5.54 Å². The zero-order valence-electron chi connectivity index (χ0n) is 4.28. The minimum absolute atomic E-state index is 0.181. The average Bonchev–Trinajstić information content (AvgIpc) is 1.61. The standard InChI is InChI=1S/C5H8N2/c6-4-5(7)2-1-3-5/h1-3,7H2/p+1. The fourth-order valence-electron chi connectivity index (χ4n) is 0.715. The van der Waals surface area contributed by atoms with E-state index in [1.807, 2.05) is 0 Å². The molecule has 0 spiro atoms. The summed E-state index contributed by atoms with van der Waals surface area (Å²) in [4.78, 5) is 0. The molecule has 2 nitrogen and oxygen atoms in total. The molecule has 38 valence electrons. The smallest absolute Gasteiger partial charge is 0.181 e. The molecular weight excluding hydrogens is 88.1 g/mol. The Balaban J connectivity index is 2.48. The Morgan fingerprint density at radius 2 is 2.14 bits per heavy atom. The third-order valence-corrected chi connectivity index (χ3v) is 1.55. The van der Waals surface area contributed by atoms with Gasteiger partial charge in [-0.05, 0) is 6.42 Å². The van der Waals surface area contributed by atoms with Crippen LogP contribution in [0.1, 0.15) is 19.3 Å². The molecule has 0 amide bonds. The highest BCUT2D eigenvalue weighted by atomic mass is 14.8. The van der Waals surface area contributed by atoms with E-state index >= 15 is 0 Å². The molecule has 0 saturated heterocycles. The van der Waals surface area contributed by atoms with Gasteiger partial charge in [-0.3, -0.25) is 0 Å². The summed E-state index contributed by atoms with van der Waals surface area (Å²) in [6.45, 7) is 0. The number of rotatable bonds is 0. The first-order valence-electron chi connectivity index (χ1n) is 2.53. The van der Waals surface area contributed by atoms with E-state index in [2.05, 4.69) is 11.8 Å². The quantitative estimate of drug-likeness (QED) is 0.442. The van der Waals surface area contributed by atoms with Crippen LogP contribution in [0.3, 0.4) is 0 Å². The van der Waals surface area contributed by atoms with E-state index in [9.17, 15) is 0 Å². The van der Waals surface area contributed by atoms with E-state index < -0.39 is 0 Å². The zero-order chi connectivity index (χ0) is 5.33. The Labute approximate surface area is 42.9 Å². The molecule has 0 radical (unpaired) electrons. The van der Waals surface area contributed by atoms with Crippen LogP contribution in [0, 0.1) is 11.3 Å². The lowest BCUT2D eigenvalue weighted by atomic mass is 9.79. The van der Waals surface area contributed by atoms with Gasteiger partial charge < -0.3 is 5.73 Å². The summed E-state index contributed by atoms with van der Waals surface area (Å²) in [6.07, 6.45) is 3.20. The molecular formula is C5H9N2+. The highest BCUT2D eigenvalue weighted by Crippen LogP contribution is 2.25. The predicted octanol–water partition coefficient (Wildman–Crippen LogP) is -0.325. The van der Waals surface area contributed by atoms with E-state index in [1.54, 1.807) is 0 Å². The van der Waals surface area contributed by atoms with Gasteiger partial charge in [-0.1, -0.05) is 0 Å². The van der Waals surface area contributed by atoms with Crippen LogP contribution in [0.5, 0.6) is 0 Å². The van der Waals surface area contributed by atoms with Crippen LogP contribution >= 0.6 is 0 Å². The molecule has 0 heterocycles. The van der Waals surface area contributed by atoms with Gasteiger partial charge in [0.25, 0.3) is 0 Å². The van der Waals surface area contributed by atoms with E-state index in [0.29, 0.717) is 0 Å². The number of nitriles is 1. The van der Waals surface area contributed by atoms with Gasteiger partial charge in [0.05, 0.1) is 0 Å². The summed E-state index contributed by atoms with van der Waals surface area (Å²) in [7, 11) is 0. The van der Waals surface area contributed by atoms with E-state index in [1.165, 1.54) is 6.42 Å². The van der Waals surface area contributed by atoms with Crippen molar-refractivity contribution in [3.63, 3.8) is 0 Å². The highest BCUT2D eigenvalue weighted by Gasteiger charge is 2.36. The maximum Gasteiger partial charge on any atom is 0.181 e. The van der Waals surface area contributed by atoms with Crippen LogP contribution in [-0.2, 0) is 0 Å². The average molecular weight is 97.1 g/mol. The van der Waals surface area contributed by atoms with Crippen molar-refractivity contribution in [1.29, 1.82) is 5.26 Å². The van der Waals surface area contributed by atoms with Crippen molar-refractivity contribution in [3.05, 3.63) is 0 Å². The molecule has 0 aliphatic heterocycles. The van der Waals surface area contributed by atoms with Gasteiger partial charge in [-0.15, -0.1) is 0 Å². The van der Waals surface area contributed by atoms with Gasteiger partial charge in [0, 0.05) is 12.8 Å². The molecule has 1 saturated carbocycles. The number of quaternary nitrogens is 1. The van der Waals surface area contributed by atoms with Crippen LogP contribution in [0.15, 0.2) is 0 Å². The Hall–Kier alpha value is -0.550. The lowest BCUT2D eigenvalue weighted by molar-refractivity contribution is -0.475. The SMILES string of the molecule is N#CC1([NH3+])CCC1. The molecule has 0 aromatic heterocycles. The van der Waals surface area contributed by atoms with Crippen molar-refractivity contribution < 1.29 is 5.73 Å². The molecule has 0 bridgehead atoms. The van der Waals surface area contributed by atoms with Crippen LogP contribution in [0.4, 0.5) is 0 Å². The van der Waals surface area contributed by atoms with Crippen molar-refractivity contribution in [1.82, 2.24) is 0 Å². The van der Waals surface area contributed by atoms with Crippen molar-refractivity contribution >= 4 is 0 Å². The van der Waals surface area contributed by atoms with Gasteiger partial charge in [0.2, 0.25) is 0 Å². The lowest BCUT2D eigenvalue weighted by Crippen LogP contribution is -2.75. The highest BCUT2D eigenvalue weighted by molar-refractivity contribution is 5.04. The third kappa shape index (κ3) is 0.594. The Morgan fingerprint density at radius 1 is 1.57 bits per heavy atom. The van der Waals surface area contributed by atoms with Gasteiger partial charge >= 0.3 is 0 Å². The molecule has 2 heteroatoms. The maximum atomic E-state index is 8.33. The van der Waals surface area contributed by atoms with Gasteiger partial charge in [-0.2, -0.15) is 5.26 Å². The summed E-state index contributed by atoms with van der Waals surface area (Å²) in [5.74, 6) is 0. The Bertz CT molecular complexity index is 108. The molecule has 1 aliphatic carbocycles. The normalized spacial score (nSPS) is 25.1. The van der Waals surface area contributed by atoms with Gasteiger partial charge in [0.15, 0.2) is 5.54 Å². The topological polar surface area (TPSA) is 51.4 Å². The monoisotopic (exact) mass is 97.1 g/mol. The van der Waals surface area contributed by atoms with E-state index in [0.717, 1.165) is 12.8 Å². The van der Waals surface area contributed by atoms with Crippen molar-refractivity contribution in [2.24, 2.45) is 0 Å². The van der Waals surface area contributed by atoms with Crippen molar-refractivity contribution in [2.75, 3.05) is 0 Å². The summed E-state index contributed by atoms with van der Waals surface area (Å²) in [5.41, 5.74) is 3.55. The second-order valence-corrected chi connectivity index (χ2v) is 2.25. The zero-order valence-corrected chi connectivity index (χ0v) is 4.28. The second kappa shape index (κ2) is 1.21. The Kier molecular flexibility index (Phi) is 0.795. The molecule has 1 rings (SSSR count). The molecule has 0 aromatic rings. The first-order valence-corrected chi connectivity index (χ1v) is 2.53. The minimum atomic E-state index is -0.181. The molecule has 7 heavy (non-hydrogen) atoms. The molecule has 1 aliphatic rings. The molecule has 1 fully saturated rings. The van der Waals surface area contributed by atoms with Crippen LogP contribution < -0.4 is 5.73 Å². The van der Waals surface area contributed by atoms with Crippen LogP contribution in [0.2, 0.25) is 0 Å². The van der Waals surface area contributed by atoms with E-state index in [4.69, 9.17) is 5.26 Å². The van der Waals surface area contributed by atoms with Crippen LogP contribution in [-0.4, -0.2) is 5.54 Å². The van der Waals surface area contributed by atoms with Crippen molar-refractivity contribution in [2.45, 2.75) is 24.8 Å². The van der Waals surface area contributed by atoms with Crippen molar-refractivity contribution in [3.8, 4) is 6.07 Å². The lowest BCUT2D eigenvalue weighted by Gasteiger charge is -2.25. The Morgan fingerprint density at radius 3 is 2.14 bits per heavy atom. The fraction of sp³-hybridized carbons (Fsp3) is 0.800. The third-order valence-electron chi connectivity index (χ3n) is 1.55.